The molecule has 0 atom stereocenters. The Balaban J connectivity index is 1.39. The van der Waals surface area contributed by atoms with Gasteiger partial charge < -0.3 is 14.4 Å². The summed E-state index contributed by atoms with van der Waals surface area (Å²) in [5, 5.41) is 22.7. The average molecular weight is 407 g/mol. The fraction of sp³-hybridized carbons (Fsp3) is 0.0769. The van der Waals surface area contributed by atoms with Gasteiger partial charge in [0.25, 0.3) is 0 Å². The van der Waals surface area contributed by atoms with Gasteiger partial charge in [0.15, 0.2) is 5.69 Å². The monoisotopic (exact) mass is 407 g/mol. The summed E-state index contributed by atoms with van der Waals surface area (Å²) in [6.45, 7) is 0.903. The van der Waals surface area contributed by atoms with Gasteiger partial charge >= 0.3 is 0 Å². The maximum Gasteiger partial charge on any atom is 0.220 e. The van der Waals surface area contributed by atoms with Crippen LogP contribution >= 0.6 is 0 Å². The Hall–Kier alpha value is -4.12. The number of aromatic nitrogens is 1. The van der Waals surface area contributed by atoms with Crippen LogP contribution in [0.2, 0.25) is 0 Å². The molecule has 0 fully saturated rings. The Labute approximate surface area is 179 Å². The van der Waals surface area contributed by atoms with E-state index in [0.29, 0.717) is 18.8 Å². The summed E-state index contributed by atoms with van der Waals surface area (Å²) in [4.78, 5) is 0. The molecule has 152 valence electrons. The molecule has 0 saturated carbocycles. The second-order valence-electron chi connectivity index (χ2n) is 7.23. The van der Waals surface area contributed by atoms with E-state index in [1.165, 1.54) is 5.39 Å². The van der Waals surface area contributed by atoms with E-state index in [9.17, 15) is 5.11 Å². The SMILES string of the molecule is Oc1c(N=Nc2ccccc2)c2ccccc2n1CCOc1ccc2ccccc2c1. The first-order chi connectivity index (χ1) is 15.3. The van der Waals surface area contributed by atoms with Gasteiger partial charge in [-0.25, -0.2) is 0 Å². The van der Waals surface area contributed by atoms with Crippen LogP contribution in [0, 0.1) is 0 Å². The molecule has 0 aliphatic heterocycles. The molecular formula is C26H21N3O2. The first kappa shape index (κ1) is 18.9. The lowest BCUT2D eigenvalue weighted by Gasteiger charge is -2.10. The van der Waals surface area contributed by atoms with Crippen molar-refractivity contribution in [2.45, 2.75) is 6.54 Å². The third-order valence-corrected chi connectivity index (χ3v) is 5.24. The Morgan fingerprint density at radius 3 is 2.35 bits per heavy atom. The molecule has 0 saturated heterocycles. The lowest BCUT2D eigenvalue weighted by molar-refractivity contribution is 0.291. The van der Waals surface area contributed by atoms with Gasteiger partial charge in [-0.1, -0.05) is 66.7 Å². The van der Waals surface area contributed by atoms with Gasteiger partial charge in [0.1, 0.15) is 12.4 Å². The molecule has 4 aromatic carbocycles. The topological polar surface area (TPSA) is 59.1 Å². The first-order valence-electron chi connectivity index (χ1n) is 10.2. The molecule has 0 unspecified atom stereocenters. The quantitative estimate of drug-likeness (QED) is 0.308. The summed E-state index contributed by atoms with van der Waals surface area (Å²) in [6.07, 6.45) is 0. The van der Waals surface area contributed by atoms with Crippen LogP contribution in [0.15, 0.2) is 107 Å². The Kier molecular flexibility index (Phi) is 5.07. The molecule has 0 aliphatic carbocycles. The fourth-order valence-electron chi connectivity index (χ4n) is 3.71. The minimum Gasteiger partial charge on any atom is -0.493 e. The van der Waals surface area contributed by atoms with Crippen LogP contribution in [0.25, 0.3) is 21.7 Å². The third-order valence-electron chi connectivity index (χ3n) is 5.24. The number of hydrogen-bond donors (Lipinski definition) is 1. The molecule has 1 aromatic heterocycles. The van der Waals surface area contributed by atoms with Crippen molar-refractivity contribution in [1.82, 2.24) is 4.57 Å². The molecule has 5 heteroatoms. The zero-order valence-electron chi connectivity index (χ0n) is 16.8. The highest BCUT2D eigenvalue weighted by Gasteiger charge is 2.16. The van der Waals surface area contributed by atoms with E-state index in [1.807, 2.05) is 83.4 Å². The smallest absolute Gasteiger partial charge is 0.220 e. The molecule has 0 aliphatic rings. The molecule has 0 amide bonds. The van der Waals surface area contributed by atoms with Crippen LogP contribution in [0.4, 0.5) is 11.4 Å². The number of benzene rings is 4. The molecule has 0 spiro atoms. The lowest BCUT2D eigenvalue weighted by Crippen LogP contribution is -2.07. The number of fused-ring (bicyclic) bond motifs is 2. The van der Waals surface area contributed by atoms with Crippen molar-refractivity contribution in [1.29, 1.82) is 0 Å². The second kappa shape index (κ2) is 8.32. The molecule has 1 heterocycles. The van der Waals surface area contributed by atoms with Gasteiger partial charge in [-0.15, -0.1) is 5.11 Å². The number of aromatic hydroxyl groups is 1. The lowest BCUT2D eigenvalue weighted by atomic mass is 10.1. The van der Waals surface area contributed by atoms with E-state index < -0.39 is 0 Å². The van der Waals surface area contributed by atoms with Crippen LogP contribution in [0.3, 0.4) is 0 Å². The van der Waals surface area contributed by atoms with Crippen molar-refractivity contribution >= 4 is 33.1 Å². The summed E-state index contributed by atoms with van der Waals surface area (Å²) in [7, 11) is 0. The second-order valence-corrected chi connectivity index (χ2v) is 7.23. The van der Waals surface area contributed by atoms with Crippen LogP contribution in [0.1, 0.15) is 0 Å². The number of nitrogens with zero attached hydrogens (tertiary/aromatic N) is 3. The van der Waals surface area contributed by atoms with Crippen molar-refractivity contribution in [2.75, 3.05) is 6.61 Å². The number of para-hydroxylation sites is 1. The van der Waals surface area contributed by atoms with Crippen molar-refractivity contribution in [2.24, 2.45) is 10.2 Å². The third kappa shape index (κ3) is 3.85. The largest absolute Gasteiger partial charge is 0.493 e. The standard InChI is InChI=1S/C26H21N3O2/c30-26-25(28-27-21-10-2-1-3-11-21)23-12-6-7-13-24(23)29(26)16-17-31-22-15-14-19-8-4-5-9-20(19)18-22/h1-15,18,30H,16-17H2. The van der Waals surface area contributed by atoms with E-state index >= 15 is 0 Å². The summed E-state index contributed by atoms with van der Waals surface area (Å²) in [6, 6.07) is 31.5. The van der Waals surface area contributed by atoms with Crippen LogP contribution < -0.4 is 4.74 Å². The number of azo groups is 1. The van der Waals surface area contributed by atoms with Crippen molar-refractivity contribution < 1.29 is 9.84 Å². The molecule has 5 rings (SSSR count). The van der Waals surface area contributed by atoms with Gasteiger partial charge in [-0.2, -0.15) is 5.11 Å². The fourth-order valence-corrected chi connectivity index (χ4v) is 3.71. The normalized spacial score (nSPS) is 11.5. The van der Waals surface area contributed by atoms with Gasteiger partial charge in [-0.05, 0) is 41.1 Å². The first-order valence-corrected chi connectivity index (χ1v) is 10.2. The van der Waals surface area contributed by atoms with Crippen LogP contribution in [-0.2, 0) is 6.54 Å². The highest BCUT2D eigenvalue weighted by molar-refractivity contribution is 5.95. The van der Waals surface area contributed by atoms with E-state index in [4.69, 9.17) is 4.74 Å². The summed E-state index contributed by atoms with van der Waals surface area (Å²) < 4.78 is 7.79. The van der Waals surface area contributed by atoms with Crippen LogP contribution in [0.5, 0.6) is 11.6 Å². The minimum absolute atomic E-state index is 0.0861. The zero-order chi connectivity index (χ0) is 21.0. The van der Waals surface area contributed by atoms with Gasteiger partial charge in [0.2, 0.25) is 5.88 Å². The van der Waals surface area contributed by atoms with E-state index in [-0.39, 0.29) is 5.88 Å². The van der Waals surface area contributed by atoms with E-state index in [2.05, 4.69) is 28.4 Å². The van der Waals surface area contributed by atoms with E-state index in [1.54, 1.807) is 0 Å². The molecule has 5 aromatic rings. The Morgan fingerprint density at radius 1 is 0.742 bits per heavy atom. The van der Waals surface area contributed by atoms with E-state index in [0.717, 1.165) is 27.7 Å². The zero-order valence-corrected chi connectivity index (χ0v) is 16.8. The molecular weight excluding hydrogens is 386 g/mol. The summed E-state index contributed by atoms with van der Waals surface area (Å²) >= 11 is 0. The maximum absolute atomic E-state index is 10.9. The molecule has 31 heavy (non-hydrogen) atoms. The maximum atomic E-state index is 10.9. The molecule has 1 N–H and O–H groups in total. The average Bonchev–Trinajstić information content (AvgIpc) is 3.09. The predicted molar refractivity (Wildman–Crippen MR) is 124 cm³/mol. The number of hydrogen-bond acceptors (Lipinski definition) is 4. The molecule has 0 bridgehead atoms. The Morgan fingerprint density at radius 2 is 1.48 bits per heavy atom. The van der Waals surface area contributed by atoms with Crippen molar-refractivity contribution in [3.63, 3.8) is 0 Å². The molecule has 5 nitrogen and oxygen atoms in total. The molecule has 0 radical (unpaired) electrons. The minimum atomic E-state index is 0.0861. The Bertz CT molecular complexity index is 1370. The highest BCUT2D eigenvalue weighted by atomic mass is 16.5. The van der Waals surface area contributed by atoms with Gasteiger partial charge in [0, 0.05) is 5.39 Å². The highest BCUT2D eigenvalue weighted by Crippen LogP contribution is 2.39. The van der Waals surface area contributed by atoms with Crippen molar-refractivity contribution in [3.05, 3.63) is 97.1 Å². The predicted octanol–water partition coefficient (Wildman–Crippen LogP) is 6.99. The number of ether oxygens (including phenoxy) is 1. The summed E-state index contributed by atoms with van der Waals surface area (Å²) in [5.74, 6) is 0.890. The summed E-state index contributed by atoms with van der Waals surface area (Å²) in [5.41, 5.74) is 2.09. The van der Waals surface area contributed by atoms with Gasteiger partial charge in [-0.3, -0.25) is 0 Å². The number of rotatable bonds is 6. The van der Waals surface area contributed by atoms with Crippen LogP contribution in [-0.4, -0.2) is 16.3 Å². The van der Waals surface area contributed by atoms with Gasteiger partial charge in [0.05, 0.1) is 17.7 Å². The van der Waals surface area contributed by atoms with Crippen molar-refractivity contribution in [3.8, 4) is 11.6 Å².